The number of rotatable bonds is 11. The third kappa shape index (κ3) is 8.34. The van der Waals surface area contributed by atoms with Crippen molar-refractivity contribution in [2.75, 3.05) is 12.3 Å². The number of hydrogen-bond acceptors (Lipinski definition) is 3. The molecule has 0 aliphatic heterocycles. The summed E-state index contributed by atoms with van der Waals surface area (Å²) in [5.74, 6) is 1.17. The minimum absolute atomic E-state index is 0.0692. The topological polar surface area (TPSA) is 49.4 Å². The molecule has 0 aromatic heterocycles. The molecule has 0 saturated heterocycles. The fourth-order valence-electron chi connectivity index (χ4n) is 3.32. The Morgan fingerprint density at radius 1 is 1.06 bits per heavy atom. The first-order chi connectivity index (χ1) is 15.2. The molecule has 2 aromatic rings. The van der Waals surface area contributed by atoms with E-state index in [4.69, 9.17) is 23.2 Å². The number of hydrogen-bond donors (Lipinski definition) is 1. The molecule has 0 heterocycles. The van der Waals surface area contributed by atoms with E-state index in [9.17, 15) is 9.59 Å². The van der Waals surface area contributed by atoms with Gasteiger partial charge in [0.05, 0.1) is 15.8 Å². The van der Waals surface area contributed by atoms with Crippen molar-refractivity contribution in [2.24, 2.45) is 5.92 Å². The molecule has 7 heteroatoms. The zero-order valence-corrected chi connectivity index (χ0v) is 21.5. The minimum Gasteiger partial charge on any atom is -0.354 e. The SMILES string of the molecule is CC[C@H](C(=O)NCC(C)C)N(Cc1ccc(Cl)c(Cl)c1)C(=O)CSCc1cccc(C)c1. The summed E-state index contributed by atoms with van der Waals surface area (Å²) < 4.78 is 0. The summed E-state index contributed by atoms with van der Waals surface area (Å²) in [5, 5.41) is 3.87. The van der Waals surface area contributed by atoms with E-state index in [0.717, 1.165) is 11.3 Å². The van der Waals surface area contributed by atoms with E-state index in [-0.39, 0.29) is 11.8 Å². The van der Waals surface area contributed by atoms with Crippen molar-refractivity contribution < 1.29 is 9.59 Å². The lowest BCUT2D eigenvalue weighted by Crippen LogP contribution is -2.50. The molecule has 2 rings (SSSR count). The highest BCUT2D eigenvalue weighted by Gasteiger charge is 2.28. The zero-order chi connectivity index (χ0) is 23.7. The fraction of sp³-hybridized carbons (Fsp3) is 0.440. The summed E-state index contributed by atoms with van der Waals surface area (Å²) in [7, 11) is 0. The summed E-state index contributed by atoms with van der Waals surface area (Å²) in [5.41, 5.74) is 3.22. The number of aryl methyl sites for hydroxylation is 1. The Morgan fingerprint density at radius 3 is 2.44 bits per heavy atom. The first-order valence-corrected chi connectivity index (χ1v) is 12.8. The normalized spacial score (nSPS) is 12.0. The molecule has 0 radical (unpaired) electrons. The van der Waals surface area contributed by atoms with Gasteiger partial charge in [-0.25, -0.2) is 0 Å². The van der Waals surface area contributed by atoms with Crippen LogP contribution in [0.1, 0.15) is 43.9 Å². The van der Waals surface area contributed by atoms with Crippen LogP contribution in [0.2, 0.25) is 10.0 Å². The second kappa shape index (κ2) is 13.1. The van der Waals surface area contributed by atoms with E-state index in [1.165, 1.54) is 11.1 Å². The standard InChI is InChI=1S/C25H32Cl2N2O2S/c1-5-23(25(31)28-13-17(2)3)29(14-19-9-10-21(26)22(27)12-19)24(30)16-32-15-20-8-6-7-18(4)11-20/h6-12,17,23H,5,13-16H2,1-4H3,(H,28,31)/t23-/m1/s1. The summed E-state index contributed by atoms with van der Waals surface area (Å²) in [6.45, 7) is 8.94. The zero-order valence-electron chi connectivity index (χ0n) is 19.2. The van der Waals surface area contributed by atoms with Crippen LogP contribution in [-0.4, -0.2) is 35.1 Å². The lowest BCUT2D eigenvalue weighted by atomic mass is 10.1. The van der Waals surface area contributed by atoms with Crippen LogP contribution in [0.3, 0.4) is 0 Å². The van der Waals surface area contributed by atoms with Crippen LogP contribution in [-0.2, 0) is 21.9 Å². The Labute approximate surface area is 206 Å². The summed E-state index contributed by atoms with van der Waals surface area (Å²) in [6.07, 6.45) is 0.527. The predicted octanol–water partition coefficient (Wildman–Crippen LogP) is 6.11. The van der Waals surface area contributed by atoms with Gasteiger partial charge in [0.25, 0.3) is 0 Å². The Bertz CT molecular complexity index is 921. The number of benzene rings is 2. The van der Waals surface area contributed by atoms with Crippen LogP contribution in [0.25, 0.3) is 0 Å². The minimum atomic E-state index is -0.546. The van der Waals surface area contributed by atoms with Crippen molar-refractivity contribution in [2.45, 2.75) is 52.5 Å². The lowest BCUT2D eigenvalue weighted by molar-refractivity contribution is -0.139. The number of halogens is 2. The fourth-order valence-corrected chi connectivity index (χ4v) is 4.50. The quantitative estimate of drug-likeness (QED) is 0.409. The number of thioether (sulfide) groups is 1. The van der Waals surface area contributed by atoms with Gasteiger partial charge in [-0.3, -0.25) is 9.59 Å². The number of amides is 2. The van der Waals surface area contributed by atoms with Crippen LogP contribution < -0.4 is 5.32 Å². The molecule has 0 spiro atoms. The highest BCUT2D eigenvalue weighted by molar-refractivity contribution is 7.99. The van der Waals surface area contributed by atoms with Crippen molar-refractivity contribution in [3.8, 4) is 0 Å². The maximum Gasteiger partial charge on any atom is 0.242 e. The van der Waals surface area contributed by atoms with Crippen LogP contribution in [0, 0.1) is 12.8 Å². The number of nitrogens with one attached hydrogen (secondary N) is 1. The second-order valence-electron chi connectivity index (χ2n) is 8.31. The van der Waals surface area contributed by atoms with Gasteiger partial charge in [-0.15, -0.1) is 11.8 Å². The molecule has 0 saturated carbocycles. The summed E-state index contributed by atoms with van der Waals surface area (Å²) in [6, 6.07) is 13.0. The molecule has 0 aliphatic rings. The molecule has 174 valence electrons. The van der Waals surface area contributed by atoms with E-state index in [1.807, 2.05) is 32.9 Å². The average molecular weight is 496 g/mol. The van der Waals surface area contributed by atoms with Crippen LogP contribution in [0.4, 0.5) is 0 Å². The third-order valence-corrected chi connectivity index (χ3v) is 6.71. The van der Waals surface area contributed by atoms with Gasteiger partial charge < -0.3 is 10.2 Å². The molecular formula is C25H32Cl2N2O2S. The number of nitrogens with zero attached hydrogens (tertiary/aromatic N) is 1. The lowest BCUT2D eigenvalue weighted by Gasteiger charge is -2.31. The molecule has 0 fully saturated rings. The van der Waals surface area contributed by atoms with Gasteiger partial charge in [-0.1, -0.05) is 79.9 Å². The molecule has 0 aliphatic carbocycles. The van der Waals surface area contributed by atoms with Gasteiger partial charge in [0.2, 0.25) is 11.8 Å². The number of carbonyl (C=O) groups excluding carboxylic acids is 2. The van der Waals surface area contributed by atoms with Crippen LogP contribution in [0.15, 0.2) is 42.5 Å². The first kappa shape index (κ1) is 26.6. The molecule has 4 nitrogen and oxygen atoms in total. The summed E-state index contributed by atoms with van der Waals surface area (Å²) in [4.78, 5) is 27.8. The van der Waals surface area contributed by atoms with E-state index >= 15 is 0 Å². The predicted molar refractivity (Wildman–Crippen MR) is 136 cm³/mol. The molecular weight excluding hydrogens is 463 g/mol. The van der Waals surface area contributed by atoms with E-state index in [2.05, 4.69) is 30.4 Å². The second-order valence-corrected chi connectivity index (χ2v) is 10.1. The maximum absolute atomic E-state index is 13.3. The van der Waals surface area contributed by atoms with Crippen LogP contribution in [0.5, 0.6) is 0 Å². The molecule has 2 aromatic carbocycles. The van der Waals surface area contributed by atoms with Crippen molar-refractivity contribution in [1.82, 2.24) is 10.2 Å². The highest BCUT2D eigenvalue weighted by atomic mass is 35.5. The monoisotopic (exact) mass is 494 g/mol. The average Bonchev–Trinajstić information content (AvgIpc) is 2.74. The van der Waals surface area contributed by atoms with Crippen molar-refractivity contribution in [3.63, 3.8) is 0 Å². The molecule has 32 heavy (non-hydrogen) atoms. The molecule has 1 atom stereocenters. The van der Waals surface area contributed by atoms with E-state index in [1.54, 1.807) is 28.8 Å². The van der Waals surface area contributed by atoms with Gasteiger partial charge in [0, 0.05) is 18.8 Å². The molecule has 1 N–H and O–H groups in total. The van der Waals surface area contributed by atoms with Crippen LogP contribution >= 0.6 is 35.0 Å². The van der Waals surface area contributed by atoms with Crippen molar-refractivity contribution >= 4 is 46.8 Å². The van der Waals surface area contributed by atoms with Gasteiger partial charge in [0.1, 0.15) is 6.04 Å². The van der Waals surface area contributed by atoms with E-state index < -0.39 is 6.04 Å². The van der Waals surface area contributed by atoms with Gasteiger partial charge in [-0.05, 0) is 42.5 Å². The van der Waals surface area contributed by atoms with Crippen molar-refractivity contribution in [3.05, 3.63) is 69.2 Å². The third-order valence-electron chi connectivity index (χ3n) is 4.98. The Morgan fingerprint density at radius 2 is 1.81 bits per heavy atom. The van der Waals surface area contributed by atoms with Gasteiger partial charge >= 0.3 is 0 Å². The number of carbonyl (C=O) groups is 2. The smallest absolute Gasteiger partial charge is 0.242 e. The highest BCUT2D eigenvalue weighted by Crippen LogP contribution is 2.24. The maximum atomic E-state index is 13.3. The van der Waals surface area contributed by atoms with E-state index in [0.29, 0.717) is 41.2 Å². The Hall–Kier alpha value is -1.69. The van der Waals surface area contributed by atoms with Crippen molar-refractivity contribution in [1.29, 1.82) is 0 Å². The molecule has 2 amide bonds. The van der Waals surface area contributed by atoms with Gasteiger partial charge in [-0.2, -0.15) is 0 Å². The largest absolute Gasteiger partial charge is 0.354 e. The summed E-state index contributed by atoms with van der Waals surface area (Å²) >= 11 is 13.8. The Balaban J connectivity index is 2.15. The molecule has 0 bridgehead atoms. The van der Waals surface area contributed by atoms with Gasteiger partial charge in [0.15, 0.2) is 0 Å². The Kier molecular flexibility index (Phi) is 10.9. The molecule has 0 unspecified atom stereocenters. The first-order valence-electron chi connectivity index (χ1n) is 10.9.